The predicted octanol–water partition coefficient (Wildman–Crippen LogP) is 3.14. The van der Waals surface area contributed by atoms with Crippen LogP contribution >= 0.6 is 11.3 Å². The van der Waals surface area contributed by atoms with E-state index in [4.69, 9.17) is 0 Å². The van der Waals surface area contributed by atoms with Crippen molar-refractivity contribution in [2.24, 2.45) is 0 Å². The summed E-state index contributed by atoms with van der Waals surface area (Å²) in [6, 6.07) is 13.0. The molecule has 1 aromatic carbocycles. The second-order valence-corrected chi connectivity index (χ2v) is 5.29. The van der Waals surface area contributed by atoms with E-state index in [0.29, 0.717) is 12.1 Å². The van der Waals surface area contributed by atoms with Crippen LogP contribution < -0.4 is 5.32 Å². The zero-order valence-electron chi connectivity index (χ0n) is 11.2. The van der Waals surface area contributed by atoms with E-state index in [1.807, 2.05) is 35.7 Å². The molecule has 0 unspecified atom stereocenters. The molecule has 0 saturated carbocycles. The molecule has 1 N–H and O–H groups in total. The van der Waals surface area contributed by atoms with Crippen LogP contribution in [0.2, 0.25) is 0 Å². The maximum Gasteiger partial charge on any atom is 0.251 e. The number of nitrogens with zero attached hydrogens (tertiary/aromatic N) is 2. The van der Waals surface area contributed by atoms with Gasteiger partial charge in [-0.2, -0.15) is 0 Å². The highest BCUT2D eigenvalue weighted by atomic mass is 32.1. The van der Waals surface area contributed by atoms with Gasteiger partial charge in [-0.15, -0.1) is 11.3 Å². The highest BCUT2D eigenvalue weighted by Gasteiger charge is 2.07. The number of carbonyl (C=O) groups excluding carboxylic acids is 1. The van der Waals surface area contributed by atoms with Crippen molar-refractivity contribution >= 4 is 17.2 Å². The molecule has 0 aliphatic heterocycles. The van der Waals surface area contributed by atoms with Crippen LogP contribution in [0.5, 0.6) is 0 Å². The molecule has 21 heavy (non-hydrogen) atoms. The summed E-state index contributed by atoms with van der Waals surface area (Å²) in [7, 11) is 0. The summed E-state index contributed by atoms with van der Waals surface area (Å²) in [4.78, 5) is 20.5. The van der Waals surface area contributed by atoms with Crippen molar-refractivity contribution in [3.8, 4) is 10.6 Å². The molecule has 3 aromatic rings. The molecule has 0 spiro atoms. The van der Waals surface area contributed by atoms with Gasteiger partial charge in [0.2, 0.25) is 0 Å². The number of nitrogens with one attached hydrogen (secondary N) is 1. The average molecular weight is 295 g/mol. The number of carbonyl (C=O) groups is 1. The Morgan fingerprint density at radius 3 is 2.62 bits per heavy atom. The van der Waals surface area contributed by atoms with Crippen molar-refractivity contribution in [3.05, 3.63) is 71.5 Å². The molecule has 5 heteroatoms. The van der Waals surface area contributed by atoms with Crippen molar-refractivity contribution in [3.63, 3.8) is 0 Å². The van der Waals surface area contributed by atoms with E-state index in [2.05, 4.69) is 15.3 Å². The number of hydrogen-bond donors (Lipinski definition) is 1. The molecule has 2 aromatic heterocycles. The van der Waals surface area contributed by atoms with Crippen LogP contribution in [0.15, 0.2) is 60.2 Å². The van der Waals surface area contributed by atoms with E-state index < -0.39 is 0 Å². The molecule has 0 fully saturated rings. The van der Waals surface area contributed by atoms with E-state index in [0.717, 1.165) is 16.3 Å². The fourth-order valence-electron chi connectivity index (χ4n) is 1.88. The number of pyridine rings is 1. The van der Waals surface area contributed by atoms with Gasteiger partial charge in [-0.25, -0.2) is 4.98 Å². The summed E-state index contributed by atoms with van der Waals surface area (Å²) in [5.41, 5.74) is 2.55. The molecule has 0 aliphatic carbocycles. The lowest BCUT2D eigenvalue weighted by Crippen LogP contribution is -2.22. The fraction of sp³-hybridized carbons (Fsp3) is 0.0625. The summed E-state index contributed by atoms with van der Waals surface area (Å²) < 4.78 is 0. The Bertz CT molecular complexity index is 726. The minimum atomic E-state index is -0.0888. The van der Waals surface area contributed by atoms with Crippen molar-refractivity contribution in [2.45, 2.75) is 6.54 Å². The van der Waals surface area contributed by atoms with Gasteiger partial charge in [0.05, 0.1) is 12.2 Å². The van der Waals surface area contributed by atoms with E-state index in [-0.39, 0.29) is 5.91 Å². The lowest BCUT2D eigenvalue weighted by atomic mass is 10.2. The van der Waals surface area contributed by atoms with Gasteiger partial charge >= 0.3 is 0 Å². The first-order chi connectivity index (χ1) is 10.3. The first-order valence-corrected chi connectivity index (χ1v) is 7.39. The van der Waals surface area contributed by atoms with Crippen molar-refractivity contribution < 1.29 is 4.79 Å². The minimum Gasteiger partial charge on any atom is -0.346 e. The molecule has 0 saturated heterocycles. The van der Waals surface area contributed by atoms with Crippen molar-refractivity contribution in [1.82, 2.24) is 15.3 Å². The largest absolute Gasteiger partial charge is 0.346 e. The Labute approximate surface area is 126 Å². The standard InChI is InChI=1S/C16H13N3OS/c20-15(12-4-2-1-3-5-12)18-10-14-11-21-16(19-14)13-6-8-17-9-7-13/h1-9,11H,10H2,(H,18,20). The molecule has 2 heterocycles. The quantitative estimate of drug-likeness (QED) is 0.804. The smallest absolute Gasteiger partial charge is 0.251 e. The SMILES string of the molecule is O=C(NCc1csc(-c2ccncc2)n1)c1ccccc1. The second kappa shape index (κ2) is 6.28. The Morgan fingerprint density at radius 1 is 1.10 bits per heavy atom. The maximum atomic E-state index is 12.0. The molecule has 0 atom stereocenters. The summed E-state index contributed by atoms with van der Waals surface area (Å²) in [5.74, 6) is -0.0888. The lowest BCUT2D eigenvalue weighted by molar-refractivity contribution is 0.0950. The normalized spacial score (nSPS) is 10.3. The number of rotatable bonds is 4. The molecular formula is C16H13N3OS. The Kier molecular flexibility index (Phi) is 4.02. The first kappa shape index (κ1) is 13.5. The summed E-state index contributed by atoms with van der Waals surface area (Å²) >= 11 is 1.56. The monoisotopic (exact) mass is 295 g/mol. The van der Waals surface area contributed by atoms with Crippen molar-refractivity contribution in [2.75, 3.05) is 0 Å². The lowest BCUT2D eigenvalue weighted by Gasteiger charge is -2.02. The van der Waals surface area contributed by atoms with E-state index in [1.54, 1.807) is 35.9 Å². The van der Waals surface area contributed by atoms with Gasteiger partial charge in [0, 0.05) is 28.9 Å². The summed E-state index contributed by atoms with van der Waals surface area (Å²) in [5, 5.41) is 5.76. The van der Waals surface area contributed by atoms with Gasteiger partial charge in [0.1, 0.15) is 5.01 Å². The van der Waals surface area contributed by atoms with Gasteiger partial charge in [-0.1, -0.05) is 18.2 Å². The average Bonchev–Trinajstić information content (AvgIpc) is 3.03. The third kappa shape index (κ3) is 3.32. The maximum absolute atomic E-state index is 12.0. The second-order valence-electron chi connectivity index (χ2n) is 4.43. The van der Waals surface area contributed by atoms with Crippen LogP contribution in [0.4, 0.5) is 0 Å². The Morgan fingerprint density at radius 2 is 1.86 bits per heavy atom. The molecule has 0 aliphatic rings. The fourth-order valence-corrected chi connectivity index (χ4v) is 2.70. The van der Waals surface area contributed by atoms with Crippen molar-refractivity contribution in [1.29, 1.82) is 0 Å². The van der Waals surface area contributed by atoms with Gasteiger partial charge < -0.3 is 5.32 Å². The molecule has 3 rings (SSSR count). The van der Waals surface area contributed by atoms with Gasteiger partial charge in [-0.3, -0.25) is 9.78 Å². The molecule has 4 nitrogen and oxygen atoms in total. The third-order valence-electron chi connectivity index (χ3n) is 2.95. The van der Waals surface area contributed by atoms with Crippen LogP contribution in [-0.4, -0.2) is 15.9 Å². The van der Waals surface area contributed by atoms with Crippen LogP contribution in [0.25, 0.3) is 10.6 Å². The highest BCUT2D eigenvalue weighted by molar-refractivity contribution is 7.13. The zero-order chi connectivity index (χ0) is 14.5. The molecule has 0 bridgehead atoms. The van der Waals surface area contributed by atoms with E-state index in [9.17, 15) is 4.79 Å². The zero-order valence-corrected chi connectivity index (χ0v) is 12.0. The topological polar surface area (TPSA) is 54.9 Å². The number of amides is 1. The number of benzene rings is 1. The Balaban J connectivity index is 1.64. The third-order valence-corrected chi connectivity index (χ3v) is 3.89. The Hall–Kier alpha value is -2.53. The molecule has 0 radical (unpaired) electrons. The minimum absolute atomic E-state index is 0.0888. The van der Waals surface area contributed by atoms with Crippen LogP contribution in [0, 0.1) is 0 Å². The summed E-state index contributed by atoms with van der Waals surface area (Å²) in [6.07, 6.45) is 3.49. The van der Waals surface area contributed by atoms with Gasteiger partial charge in [0.25, 0.3) is 5.91 Å². The molecule has 104 valence electrons. The van der Waals surface area contributed by atoms with E-state index >= 15 is 0 Å². The van der Waals surface area contributed by atoms with Crippen LogP contribution in [-0.2, 0) is 6.54 Å². The number of thiazole rings is 1. The first-order valence-electron chi connectivity index (χ1n) is 6.51. The van der Waals surface area contributed by atoms with Crippen LogP contribution in [0.3, 0.4) is 0 Å². The highest BCUT2D eigenvalue weighted by Crippen LogP contribution is 2.22. The molecule has 1 amide bonds. The number of aromatic nitrogens is 2. The van der Waals surface area contributed by atoms with Crippen LogP contribution in [0.1, 0.15) is 16.1 Å². The number of hydrogen-bond acceptors (Lipinski definition) is 4. The van der Waals surface area contributed by atoms with Gasteiger partial charge in [-0.05, 0) is 24.3 Å². The van der Waals surface area contributed by atoms with Gasteiger partial charge in [0.15, 0.2) is 0 Å². The summed E-state index contributed by atoms with van der Waals surface area (Å²) in [6.45, 7) is 0.426. The van der Waals surface area contributed by atoms with E-state index in [1.165, 1.54) is 0 Å². The molecular weight excluding hydrogens is 282 g/mol. The predicted molar refractivity (Wildman–Crippen MR) is 83.0 cm³/mol.